The van der Waals surface area contributed by atoms with Crippen LogP contribution < -0.4 is 10.5 Å². The number of nitrogens with two attached hydrogens (primary N) is 1. The van der Waals surface area contributed by atoms with Gasteiger partial charge in [-0.2, -0.15) is 0 Å². The van der Waals surface area contributed by atoms with Gasteiger partial charge in [-0.05, 0) is 31.0 Å². The van der Waals surface area contributed by atoms with E-state index in [9.17, 15) is 0 Å². The molecule has 0 saturated heterocycles. The third-order valence-electron chi connectivity index (χ3n) is 2.56. The topological polar surface area (TPSA) is 55.5 Å². The molecule has 0 heterocycles. The molecule has 0 aromatic heterocycles. The minimum atomic E-state index is 0.0455. The second kappa shape index (κ2) is 5.87. The maximum atomic E-state index is 8.90. The first-order chi connectivity index (χ1) is 7.54. The lowest BCUT2D eigenvalue weighted by Crippen LogP contribution is -2.13. The number of benzene rings is 1. The Bertz CT molecular complexity index is 337. The van der Waals surface area contributed by atoms with Crippen molar-refractivity contribution in [2.24, 2.45) is 11.7 Å². The van der Waals surface area contributed by atoms with Gasteiger partial charge >= 0.3 is 0 Å². The van der Waals surface area contributed by atoms with Crippen molar-refractivity contribution in [1.29, 1.82) is 0 Å². The largest absolute Gasteiger partial charge is 0.493 e. The van der Waals surface area contributed by atoms with Crippen LogP contribution in [0.5, 0.6) is 5.75 Å². The van der Waals surface area contributed by atoms with Crippen LogP contribution in [0.4, 0.5) is 0 Å². The molecule has 0 spiro atoms. The lowest BCUT2D eigenvalue weighted by atomic mass is 10.1. The van der Waals surface area contributed by atoms with E-state index in [1.165, 1.54) is 0 Å². The molecule has 3 nitrogen and oxygen atoms in total. The highest BCUT2D eigenvalue weighted by atomic mass is 16.5. The fourth-order valence-electron chi connectivity index (χ4n) is 1.40. The van der Waals surface area contributed by atoms with Gasteiger partial charge in [-0.3, -0.25) is 0 Å². The average Bonchev–Trinajstić information content (AvgIpc) is 2.26. The third-order valence-corrected chi connectivity index (χ3v) is 2.56. The molecule has 0 fully saturated rings. The summed E-state index contributed by atoms with van der Waals surface area (Å²) in [7, 11) is 0. The molecule has 0 aliphatic heterocycles. The Kier molecular flexibility index (Phi) is 4.77. The molecule has 0 aliphatic rings. The van der Waals surface area contributed by atoms with Crippen molar-refractivity contribution in [1.82, 2.24) is 0 Å². The Morgan fingerprint density at radius 2 is 2.06 bits per heavy atom. The Morgan fingerprint density at radius 3 is 2.56 bits per heavy atom. The summed E-state index contributed by atoms with van der Waals surface area (Å²) in [5.41, 5.74) is 8.00. The first kappa shape index (κ1) is 13.0. The zero-order valence-corrected chi connectivity index (χ0v) is 10.2. The maximum absolute atomic E-state index is 8.90. The number of aryl methyl sites for hydroxylation is 1. The second-order valence-corrected chi connectivity index (χ2v) is 4.41. The Morgan fingerprint density at radius 1 is 1.38 bits per heavy atom. The van der Waals surface area contributed by atoms with Gasteiger partial charge in [-0.25, -0.2) is 0 Å². The van der Waals surface area contributed by atoms with Gasteiger partial charge in [0.2, 0.25) is 0 Å². The number of aliphatic hydroxyl groups excluding tert-OH is 1. The Labute approximate surface area is 97.2 Å². The van der Waals surface area contributed by atoms with Gasteiger partial charge in [0, 0.05) is 18.6 Å². The van der Waals surface area contributed by atoms with E-state index in [2.05, 4.69) is 0 Å². The van der Waals surface area contributed by atoms with Gasteiger partial charge in [0.15, 0.2) is 0 Å². The molecule has 1 rings (SSSR count). The van der Waals surface area contributed by atoms with Crippen molar-refractivity contribution in [2.75, 3.05) is 13.2 Å². The predicted molar refractivity (Wildman–Crippen MR) is 65.5 cm³/mol. The normalized spacial score (nSPS) is 14.6. The van der Waals surface area contributed by atoms with Gasteiger partial charge in [0.05, 0.1) is 6.61 Å². The smallest absolute Gasteiger partial charge is 0.122 e. The Balaban J connectivity index is 2.68. The standard InChI is InChI=1S/C13H21NO2/c1-9(7-15)8-16-13-5-4-12(11(3)14)6-10(13)2/h4-6,9,11,15H,7-8,14H2,1-3H3/t9?,11-/m1/s1. The molecule has 1 aromatic rings. The molecule has 1 unspecified atom stereocenters. The highest BCUT2D eigenvalue weighted by Crippen LogP contribution is 2.22. The molecule has 90 valence electrons. The lowest BCUT2D eigenvalue weighted by molar-refractivity contribution is 0.174. The highest BCUT2D eigenvalue weighted by Gasteiger charge is 2.06. The van der Waals surface area contributed by atoms with Gasteiger partial charge in [-0.1, -0.05) is 19.1 Å². The van der Waals surface area contributed by atoms with E-state index in [1.807, 2.05) is 39.0 Å². The van der Waals surface area contributed by atoms with Crippen LogP contribution in [0.1, 0.15) is 31.0 Å². The number of aliphatic hydroxyl groups is 1. The average molecular weight is 223 g/mol. The van der Waals surface area contributed by atoms with Gasteiger partial charge in [0.1, 0.15) is 5.75 Å². The van der Waals surface area contributed by atoms with Crippen LogP contribution in [0, 0.1) is 12.8 Å². The van der Waals surface area contributed by atoms with Gasteiger partial charge in [0.25, 0.3) is 0 Å². The summed E-state index contributed by atoms with van der Waals surface area (Å²) in [5.74, 6) is 1.03. The molecule has 0 amide bonds. The van der Waals surface area contributed by atoms with Crippen LogP contribution in [-0.4, -0.2) is 18.3 Å². The lowest BCUT2D eigenvalue weighted by Gasteiger charge is -2.14. The molecule has 0 saturated carbocycles. The first-order valence-corrected chi connectivity index (χ1v) is 5.64. The minimum Gasteiger partial charge on any atom is -0.493 e. The number of ether oxygens (including phenoxy) is 1. The number of rotatable bonds is 5. The van der Waals surface area contributed by atoms with Crippen LogP contribution >= 0.6 is 0 Å². The van der Waals surface area contributed by atoms with Crippen molar-refractivity contribution in [3.05, 3.63) is 29.3 Å². The third kappa shape index (κ3) is 3.51. The SMILES string of the molecule is Cc1cc([C@@H](C)N)ccc1OCC(C)CO. The summed E-state index contributed by atoms with van der Waals surface area (Å²) in [4.78, 5) is 0. The molecule has 3 N–H and O–H groups in total. The van der Waals surface area contributed by atoms with Crippen molar-refractivity contribution < 1.29 is 9.84 Å². The number of hydrogen-bond donors (Lipinski definition) is 2. The summed E-state index contributed by atoms with van der Waals surface area (Å²) in [6.07, 6.45) is 0. The van der Waals surface area contributed by atoms with Crippen molar-refractivity contribution in [2.45, 2.75) is 26.8 Å². The molecular weight excluding hydrogens is 202 g/mol. The zero-order valence-electron chi connectivity index (χ0n) is 10.2. The van der Waals surface area contributed by atoms with Crippen molar-refractivity contribution in [3.63, 3.8) is 0 Å². The quantitative estimate of drug-likeness (QED) is 0.803. The van der Waals surface area contributed by atoms with Crippen molar-refractivity contribution >= 4 is 0 Å². The monoisotopic (exact) mass is 223 g/mol. The van der Waals surface area contributed by atoms with E-state index in [1.54, 1.807) is 0 Å². The minimum absolute atomic E-state index is 0.0455. The van der Waals surface area contributed by atoms with Crippen LogP contribution in [0.15, 0.2) is 18.2 Å². The predicted octanol–water partition coefficient (Wildman–Crippen LogP) is 2.02. The summed E-state index contributed by atoms with van der Waals surface area (Å²) >= 11 is 0. The van der Waals surface area contributed by atoms with Crippen LogP contribution in [-0.2, 0) is 0 Å². The highest BCUT2D eigenvalue weighted by molar-refractivity contribution is 5.37. The van der Waals surface area contributed by atoms with Crippen LogP contribution in [0.2, 0.25) is 0 Å². The molecular formula is C13H21NO2. The van der Waals surface area contributed by atoms with Crippen LogP contribution in [0.25, 0.3) is 0 Å². The summed E-state index contributed by atoms with van der Waals surface area (Å²) in [6, 6.07) is 6.02. The zero-order chi connectivity index (χ0) is 12.1. The van der Waals surface area contributed by atoms with E-state index >= 15 is 0 Å². The second-order valence-electron chi connectivity index (χ2n) is 4.41. The maximum Gasteiger partial charge on any atom is 0.122 e. The van der Waals surface area contributed by atoms with Gasteiger partial charge in [-0.15, -0.1) is 0 Å². The summed E-state index contributed by atoms with van der Waals surface area (Å²) < 4.78 is 5.62. The molecule has 16 heavy (non-hydrogen) atoms. The molecule has 0 bridgehead atoms. The van der Waals surface area contributed by atoms with Crippen LogP contribution in [0.3, 0.4) is 0 Å². The van der Waals surface area contributed by atoms with E-state index in [4.69, 9.17) is 15.6 Å². The molecule has 3 heteroatoms. The van der Waals surface area contributed by atoms with E-state index in [0.717, 1.165) is 16.9 Å². The van der Waals surface area contributed by atoms with E-state index < -0.39 is 0 Å². The molecule has 0 radical (unpaired) electrons. The Hall–Kier alpha value is -1.06. The molecule has 1 aromatic carbocycles. The first-order valence-electron chi connectivity index (χ1n) is 5.64. The summed E-state index contributed by atoms with van der Waals surface area (Å²) in [5, 5.41) is 8.90. The van der Waals surface area contributed by atoms with Gasteiger partial charge < -0.3 is 15.6 Å². The fraction of sp³-hybridized carbons (Fsp3) is 0.538. The van der Waals surface area contributed by atoms with E-state index in [0.29, 0.717) is 6.61 Å². The van der Waals surface area contributed by atoms with E-state index in [-0.39, 0.29) is 18.6 Å². The van der Waals surface area contributed by atoms with Crippen molar-refractivity contribution in [3.8, 4) is 5.75 Å². The molecule has 0 aliphatic carbocycles. The number of hydrogen-bond acceptors (Lipinski definition) is 3. The summed E-state index contributed by atoms with van der Waals surface area (Å²) in [6.45, 7) is 6.60. The molecule has 2 atom stereocenters. The fourth-order valence-corrected chi connectivity index (χ4v) is 1.40.